The lowest BCUT2D eigenvalue weighted by Crippen LogP contribution is -1.97. The van der Waals surface area contributed by atoms with Gasteiger partial charge in [0.15, 0.2) is 0 Å². The largest absolute Gasteiger partial charge is 0.357 e. The van der Waals surface area contributed by atoms with Crippen LogP contribution in [0.3, 0.4) is 0 Å². The summed E-state index contributed by atoms with van der Waals surface area (Å²) in [6.45, 7) is 0. The lowest BCUT2D eigenvalue weighted by Gasteiger charge is -2.01. The summed E-state index contributed by atoms with van der Waals surface area (Å²) in [5.74, 6) is 0.618. The van der Waals surface area contributed by atoms with E-state index in [0.717, 1.165) is 28.6 Å². The number of hydrogen-bond donors (Lipinski definition) is 2. The van der Waals surface area contributed by atoms with Crippen LogP contribution in [0.15, 0.2) is 30.9 Å². The van der Waals surface area contributed by atoms with E-state index in [1.807, 2.05) is 24.7 Å². The third-order valence-corrected chi connectivity index (χ3v) is 3.11. The van der Waals surface area contributed by atoms with Crippen molar-refractivity contribution in [2.75, 3.05) is 12.4 Å². The summed E-state index contributed by atoms with van der Waals surface area (Å²) in [7, 11) is 1.79. The summed E-state index contributed by atoms with van der Waals surface area (Å²) in [4.78, 5) is 15.8. The van der Waals surface area contributed by atoms with Gasteiger partial charge in [-0.2, -0.15) is 0 Å². The first-order chi connectivity index (χ1) is 9.26. The van der Waals surface area contributed by atoms with Crippen molar-refractivity contribution in [3.05, 3.63) is 47.0 Å². The molecule has 0 atom stereocenters. The highest BCUT2D eigenvalue weighted by atomic mass is 35.5. The van der Waals surface area contributed by atoms with Crippen LogP contribution < -0.4 is 5.32 Å². The normalized spacial score (nSPS) is 10.8. The Morgan fingerprint density at radius 3 is 2.74 bits per heavy atom. The van der Waals surface area contributed by atoms with Crippen molar-refractivity contribution < 1.29 is 0 Å². The van der Waals surface area contributed by atoms with E-state index in [1.165, 1.54) is 0 Å². The molecule has 0 radical (unpaired) electrons. The van der Waals surface area contributed by atoms with E-state index in [9.17, 15) is 0 Å². The number of nitrogens with one attached hydrogen (secondary N) is 2. The van der Waals surface area contributed by atoms with Gasteiger partial charge in [-0.05, 0) is 17.2 Å². The Labute approximate surface area is 115 Å². The zero-order valence-electron chi connectivity index (χ0n) is 10.3. The number of pyridine rings is 1. The van der Waals surface area contributed by atoms with Crippen LogP contribution in [-0.2, 0) is 6.42 Å². The van der Waals surface area contributed by atoms with Gasteiger partial charge in [0.1, 0.15) is 5.65 Å². The molecule has 3 rings (SSSR count). The number of H-pyrrole nitrogens is 1. The summed E-state index contributed by atoms with van der Waals surface area (Å²) >= 11 is 5.98. The highest BCUT2D eigenvalue weighted by Crippen LogP contribution is 2.22. The molecular weight excluding hydrogens is 262 g/mol. The Bertz CT molecular complexity index is 705. The molecule has 0 aliphatic carbocycles. The number of nitrogens with zero attached hydrogens (tertiary/aromatic N) is 3. The van der Waals surface area contributed by atoms with E-state index < -0.39 is 0 Å². The standard InChI is InChI=1S/C13H12ClN5/c1-15-13-18-4-8(5-19-13)2-9-6-16-12-11(9)3-10(14)7-17-12/h3-7H,2H2,1H3,(H,16,17)(H,15,18,19). The minimum absolute atomic E-state index is 0.618. The highest BCUT2D eigenvalue weighted by molar-refractivity contribution is 6.31. The van der Waals surface area contributed by atoms with Crippen molar-refractivity contribution >= 4 is 28.6 Å². The Kier molecular flexibility index (Phi) is 3.05. The van der Waals surface area contributed by atoms with Crippen molar-refractivity contribution in [1.29, 1.82) is 0 Å². The molecule has 0 saturated heterocycles. The molecule has 3 aromatic heterocycles. The lowest BCUT2D eigenvalue weighted by molar-refractivity contribution is 1.07. The molecule has 0 amide bonds. The zero-order valence-corrected chi connectivity index (χ0v) is 11.1. The van der Waals surface area contributed by atoms with Gasteiger partial charge in [-0.3, -0.25) is 0 Å². The number of aromatic nitrogens is 4. The first-order valence-corrected chi connectivity index (χ1v) is 6.24. The predicted molar refractivity (Wildman–Crippen MR) is 75.5 cm³/mol. The van der Waals surface area contributed by atoms with Crippen molar-refractivity contribution in [2.24, 2.45) is 0 Å². The van der Waals surface area contributed by atoms with Gasteiger partial charge in [-0.25, -0.2) is 15.0 Å². The molecule has 0 aromatic carbocycles. The monoisotopic (exact) mass is 273 g/mol. The highest BCUT2D eigenvalue weighted by Gasteiger charge is 2.07. The second-order valence-corrected chi connectivity index (χ2v) is 4.64. The smallest absolute Gasteiger partial charge is 0.222 e. The van der Waals surface area contributed by atoms with E-state index in [4.69, 9.17) is 11.6 Å². The van der Waals surface area contributed by atoms with Crippen LogP contribution in [0, 0.1) is 0 Å². The molecule has 0 spiro atoms. The minimum atomic E-state index is 0.618. The van der Waals surface area contributed by atoms with Gasteiger partial charge in [-0.15, -0.1) is 0 Å². The van der Waals surface area contributed by atoms with E-state index in [-0.39, 0.29) is 0 Å². The van der Waals surface area contributed by atoms with Crippen molar-refractivity contribution in [2.45, 2.75) is 6.42 Å². The number of fused-ring (bicyclic) bond motifs is 1. The van der Waals surface area contributed by atoms with Crippen LogP contribution in [0.1, 0.15) is 11.1 Å². The summed E-state index contributed by atoms with van der Waals surface area (Å²) in [5, 5.41) is 4.56. The zero-order chi connectivity index (χ0) is 13.2. The quantitative estimate of drug-likeness (QED) is 0.770. The average Bonchev–Trinajstić information content (AvgIpc) is 2.82. The van der Waals surface area contributed by atoms with Gasteiger partial charge < -0.3 is 10.3 Å². The van der Waals surface area contributed by atoms with E-state index >= 15 is 0 Å². The molecule has 3 aromatic rings. The van der Waals surface area contributed by atoms with Crippen LogP contribution in [0.2, 0.25) is 5.02 Å². The SMILES string of the molecule is CNc1ncc(Cc2c[nH]c3ncc(Cl)cc23)cn1. The van der Waals surface area contributed by atoms with Crippen molar-refractivity contribution in [3.8, 4) is 0 Å². The van der Waals surface area contributed by atoms with Gasteiger partial charge in [0.2, 0.25) is 5.95 Å². The van der Waals surface area contributed by atoms with E-state index in [0.29, 0.717) is 11.0 Å². The molecule has 0 bridgehead atoms. The Balaban J connectivity index is 1.93. The number of rotatable bonds is 3. The predicted octanol–water partition coefficient (Wildman–Crippen LogP) is 2.64. The van der Waals surface area contributed by atoms with Crippen LogP contribution >= 0.6 is 11.6 Å². The van der Waals surface area contributed by atoms with Crippen LogP contribution in [0.5, 0.6) is 0 Å². The lowest BCUT2D eigenvalue weighted by atomic mass is 10.1. The minimum Gasteiger partial charge on any atom is -0.357 e. The maximum Gasteiger partial charge on any atom is 0.222 e. The number of aromatic amines is 1. The molecule has 3 heterocycles. The van der Waals surface area contributed by atoms with Crippen LogP contribution in [0.25, 0.3) is 11.0 Å². The first kappa shape index (κ1) is 11.9. The Hall–Kier alpha value is -2.14. The van der Waals surface area contributed by atoms with Gasteiger partial charge in [0.25, 0.3) is 0 Å². The molecule has 19 heavy (non-hydrogen) atoms. The van der Waals surface area contributed by atoms with E-state index in [2.05, 4.69) is 25.3 Å². The number of hydrogen-bond acceptors (Lipinski definition) is 4. The summed E-state index contributed by atoms with van der Waals surface area (Å²) in [6, 6.07) is 1.92. The molecule has 0 fully saturated rings. The topological polar surface area (TPSA) is 66.5 Å². The molecule has 2 N–H and O–H groups in total. The number of anilines is 1. The first-order valence-electron chi connectivity index (χ1n) is 5.86. The summed E-state index contributed by atoms with van der Waals surface area (Å²) in [5.41, 5.74) is 3.01. The third kappa shape index (κ3) is 2.37. The molecular formula is C13H12ClN5. The average molecular weight is 274 g/mol. The fraction of sp³-hybridized carbons (Fsp3) is 0.154. The fourth-order valence-electron chi connectivity index (χ4n) is 1.97. The molecule has 0 saturated carbocycles. The fourth-order valence-corrected chi connectivity index (χ4v) is 2.13. The van der Waals surface area contributed by atoms with Crippen molar-refractivity contribution in [3.63, 3.8) is 0 Å². The maximum absolute atomic E-state index is 5.98. The van der Waals surface area contributed by atoms with E-state index in [1.54, 1.807) is 13.2 Å². The maximum atomic E-state index is 5.98. The van der Waals surface area contributed by atoms with Crippen molar-refractivity contribution in [1.82, 2.24) is 19.9 Å². The number of halogens is 1. The Morgan fingerprint density at radius 2 is 2.00 bits per heavy atom. The second-order valence-electron chi connectivity index (χ2n) is 4.21. The Morgan fingerprint density at radius 1 is 1.21 bits per heavy atom. The molecule has 0 aliphatic rings. The summed E-state index contributed by atoms with van der Waals surface area (Å²) < 4.78 is 0. The van der Waals surface area contributed by atoms with Gasteiger partial charge in [0, 0.05) is 43.6 Å². The molecule has 96 valence electrons. The van der Waals surface area contributed by atoms with Gasteiger partial charge >= 0.3 is 0 Å². The van der Waals surface area contributed by atoms with Gasteiger partial charge in [0.05, 0.1) is 5.02 Å². The second kappa shape index (κ2) is 4.85. The molecule has 5 nitrogen and oxygen atoms in total. The third-order valence-electron chi connectivity index (χ3n) is 2.91. The molecule has 6 heteroatoms. The molecule has 0 unspecified atom stereocenters. The van der Waals surface area contributed by atoms with Crippen LogP contribution in [0.4, 0.5) is 5.95 Å². The molecule has 0 aliphatic heterocycles. The summed E-state index contributed by atoms with van der Waals surface area (Å²) in [6.07, 6.45) is 7.95. The van der Waals surface area contributed by atoms with Crippen LogP contribution in [-0.4, -0.2) is 27.0 Å². The van der Waals surface area contributed by atoms with Gasteiger partial charge in [-0.1, -0.05) is 11.6 Å².